The van der Waals surface area contributed by atoms with Crippen LogP contribution in [-0.4, -0.2) is 24.0 Å². The SMILES string of the molecule is CC1CC(N)CN(C(C)c2ccc3ccccc3c2)C1. The lowest BCUT2D eigenvalue weighted by Crippen LogP contribution is -2.47. The van der Waals surface area contributed by atoms with Crippen LogP contribution in [0, 0.1) is 5.92 Å². The molecule has 106 valence electrons. The lowest BCUT2D eigenvalue weighted by molar-refractivity contribution is 0.124. The third-order valence-corrected chi connectivity index (χ3v) is 4.52. The highest BCUT2D eigenvalue weighted by Gasteiger charge is 2.26. The number of nitrogens with zero attached hydrogens (tertiary/aromatic N) is 1. The van der Waals surface area contributed by atoms with E-state index in [9.17, 15) is 0 Å². The highest BCUT2D eigenvalue weighted by Crippen LogP contribution is 2.28. The first-order valence-electron chi connectivity index (χ1n) is 7.62. The van der Waals surface area contributed by atoms with Gasteiger partial charge in [-0.05, 0) is 41.7 Å². The van der Waals surface area contributed by atoms with Crippen LogP contribution in [0.15, 0.2) is 42.5 Å². The molecule has 1 aliphatic rings. The maximum absolute atomic E-state index is 6.18. The number of hydrogen-bond acceptors (Lipinski definition) is 2. The van der Waals surface area contributed by atoms with Gasteiger partial charge in [0.2, 0.25) is 0 Å². The van der Waals surface area contributed by atoms with Crippen LogP contribution in [0.2, 0.25) is 0 Å². The molecule has 0 radical (unpaired) electrons. The normalized spacial score (nSPS) is 25.8. The topological polar surface area (TPSA) is 29.3 Å². The van der Waals surface area contributed by atoms with Crippen LogP contribution in [0.25, 0.3) is 10.8 Å². The van der Waals surface area contributed by atoms with E-state index in [-0.39, 0.29) is 0 Å². The van der Waals surface area contributed by atoms with E-state index in [0.29, 0.717) is 18.0 Å². The fourth-order valence-electron chi connectivity index (χ4n) is 3.44. The van der Waals surface area contributed by atoms with E-state index in [1.807, 2.05) is 0 Å². The van der Waals surface area contributed by atoms with Crippen molar-refractivity contribution in [2.24, 2.45) is 11.7 Å². The Morgan fingerprint density at radius 3 is 2.60 bits per heavy atom. The minimum absolute atomic E-state index is 0.321. The first-order chi connectivity index (χ1) is 9.63. The summed E-state index contributed by atoms with van der Waals surface area (Å²) in [6.45, 7) is 6.77. The van der Waals surface area contributed by atoms with Gasteiger partial charge in [-0.15, -0.1) is 0 Å². The van der Waals surface area contributed by atoms with Crippen molar-refractivity contribution in [2.75, 3.05) is 13.1 Å². The molecule has 2 N–H and O–H groups in total. The van der Waals surface area contributed by atoms with Gasteiger partial charge in [0.05, 0.1) is 0 Å². The fourth-order valence-corrected chi connectivity index (χ4v) is 3.44. The first kappa shape index (κ1) is 13.6. The molecule has 0 saturated carbocycles. The highest BCUT2D eigenvalue weighted by atomic mass is 15.2. The Hall–Kier alpha value is -1.38. The van der Waals surface area contributed by atoms with E-state index in [0.717, 1.165) is 19.5 Å². The van der Waals surface area contributed by atoms with Gasteiger partial charge in [-0.1, -0.05) is 43.3 Å². The van der Waals surface area contributed by atoms with E-state index < -0.39 is 0 Å². The van der Waals surface area contributed by atoms with E-state index in [2.05, 4.69) is 61.2 Å². The zero-order valence-corrected chi connectivity index (χ0v) is 12.4. The zero-order chi connectivity index (χ0) is 14.1. The molecule has 3 unspecified atom stereocenters. The molecule has 2 nitrogen and oxygen atoms in total. The van der Waals surface area contributed by atoms with Gasteiger partial charge < -0.3 is 5.73 Å². The van der Waals surface area contributed by atoms with Crippen LogP contribution in [0.1, 0.15) is 31.9 Å². The van der Waals surface area contributed by atoms with Crippen LogP contribution >= 0.6 is 0 Å². The van der Waals surface area contributed by atoms with Gasteiger partial charge in [-0.3, -0.25) is 4.90 Å². The van der Waals surface area contributed by atoms with Gasteiger partial charge in [-0.2, -0.15) is 0 Å². The van der Waals surface area contributed by atoms with Gasteiger partial charge >= 0.3 is 0 Å². The fraction of sp³-hybridized carbons (Fsp3) is 0.444. The van der Waals surface area contributed by atoms with Crippen molar-refractivity contribution in [3.63, 3.8) is 0 Å². The predicted molar refractivity (Wildman–Crippen MR) is 85.7 cm³/mol. The average molecular weight is 268 g/mol. The summed E-state index contributed by atoms with van der Waals surface area (Å²) in [4.78, 5) is 2.53. The molecular weight excluding hydrogens is 244 g/mol. The Bertz CT molecular complexity index is 583. The summed E-state index contributed by atoms with van der Waals surface area (Å²) in [7, 11) is 0. The van der Waals surface area contributed by atoms with Crippen LogP contribution in [0.3, 0.4) is 0 Å². The van der Waals surface area contributed by atoms with E-state index in [1.165, 1.54) is 16.3 Å². The summed E-state index contributed by atoms with van der Waals surface area (Å²) in [5, 5.41) is 2.64. The van der Waals surface area contributed by atoms with Crippen molar-refractivity contribution in [3.05, 3.63) is 48.0 Å². The lowest BCUT2D eigenvalue weighted by Gasteiger charge is -2.38. The van der Waals surface area contributed by atoms with Crippen molar-refractivity contribution < 1.29 is 0 Å². The number of rotatable bonds is 2. The number of likely N-dealkylation sites (tertiary alicyclic amines) is 1. The van der Waals surface area contributed by atoms with Crippen molar-refractivity contribution in [1.29, 1.82) is 0 Å². The third-order valence-electron chi connectivity index (χ3n) is 4.52. The molecular formula is C18H24N2. The number of nitrogens with two attached hydrogens (primary N) is 1. The number of hydrogen-bond donors (Lipinski definition) is 1. The molecule has 3 rings (SSSR count). The molecule has 3 atom stereocenters. The summed E-state index contributed by atoms with van der Waals surface area (Å²) < 4.78 is 0. The third kappa shape index (κ3) is 2.72. The smallest absolute Gasteiger partial charge is 0.0320 e. The summed E-state index contributed by atoms with van der Waals surface area (Å²) in [5.41, 5.74) is 7.57. The van der Waals surface area contributed by atoms with E-state index in [4.69, 9.17) is 5.73 Å². The van der Waals surface area contributed by atoms with Gasteiger partial charge in [0.25, 0.3) is 0 Å². The standard InChI is InChI=1S/C18H24N2/c1-13-9-18(19)12-20(11-13)14(2)16-8-7-15-5-3-4-6-17(15)10-16/h3-8,10,13-14,18H,9,11-12,19H2,1-2H3. The number of benzene rings is 2. The largest absolute Gasteiger partial charge is 0.327 e. The molecule has 0 aromatic heterocycles. The summed E-state index contributed by atoms with van der Waals surface area (Å²) in [5.74, 6) is 0.696. The van der Waals surface area contributed by atoms with E-state index >= 15 is 0 Å². The van der Waals surface area contributed by atoms with Gasteiger partial charge in [-0.25, -0.2) is 0 Å². The summed E-state index contributed by atoms with van der Waals surface area (Å²) in [6.07, 6.45) is 1.15. The van der Waals surface area contributed by atoms with Gasteiger partial charge in [0, 0.05) is 25.2 Å². The second-order valence-corrected chi connectivity index (χ2v) is 6.34. The Morgan fingerprint density at radius 2 is 1.85 bits per heavy atom. The Balaban J connectivity index is 1.86. The Morgan fingerprint density at radius 1 is 1.10 bits per heavy atom. The van der Waals surface area contributed by atoms with Crippen LogP contribution in [0.5, 0.6) is 0 Å². The number of piperidine rings is 1. The highest BCUT2D eigenvalue weighted by molar-refractivity contribution is 5.83. The monoisotopic (exact) mass is 268 g/mol. The molecule has 20 heavy (non-hydrogen) atoms. The van der Waals surface area contributed by atoms with Crippen molar-refractivity contribution in [3.8, 4) is 0 Å². The molecule has 2 aromatic rings. The lowest BCUT2D eigenvalue weighted by atomic mass is 9.93. The second-order valence-electron chi connectivity index (χ2n) is 6.34. The zero-order valence-electron chi connectivity index (χ0n) is 12.4. The predicted octanol–water partition coefficient (Wildman–Crippen LogP) is 3.57. The first-order valence-corrected chi connectivity index (χ1v) is 7.62. The minimum Gasteiger partial charge on any atom is -0.327 e. The van der Waals surface area contributed by atoms with Gasteiger partial charge in [0.1, 0.15) is 0 Å². The molecule has 1 saturated heterocycles. The average Bonchev–Trinajstić information content (AvgIpc) is 2.45. The molecule has 0 spiro atoms. The molecule has 2 heteroatoms. The number of fused-ring (bicyclic) bond motifs is 1. The van der Waals surface area contributed by atoms with Gasteiger partial charge in [0.15, 0.2) is 0 Å². The molecule has 1 aliphatic heterocycles. The Labute approximate surface area is 121 Å². The van der Waals surface area contributed by atoms with Crippen molar-refractivity contribution >= 4 is 10.8 Å². The maximum Gasteiger partial charge on any atom is 0.0320 e. The quantitative estimate of drug-likeness (QED) is 0.902. The van der Waals surface area contributed by atoms with E-state index in [1.54, 1.807) is 0 Å². The molecule has 0 aliphatic carbocycles. The molecule has 1 fully saturated rings. The molecule has 2 aromatic carbocycles. The second kappa shape index (κ2) is 5.55. The minimum atomic E-state index is 0.321. The molecule has 0 bridgehead atoms. The molecule has 1 heterocycles. The maximum atomic E-state index is 6.18. The van der Waals surface area contributed by atoms with Crippen molar-refractivity contribution in [1.82, 2.24) is 4.90 Å². The summed E-state index contributed by atoms with van der Waals surface area (Å²) in [6, 6.07) is 16.1. The molecule has 0 amide bonds. The summed E-state index contributed by atoms with van der Waals surface area (Å²) >= 11 is 0. The Kier molecular flexibility index (Phi) is 3.77. The van der Waals surface area contributed by atoms with Crippen LogP contribution < -0.4 is 5.73 Å². The van der Waals surface area contributed by atoms with Crippen LogP contribution in [0.4, 0.5) is 0 Å². The van der Waals surface area contributed by atoms with Crippen molar-refractivity contribution in [2.45, 2.75) is 32.4 Å². The van der Waals surface area contributed by atoms with Crippen LogP contribution in [-0.2, 0) is 0 Å².